The van der Waals surface area contributed by atoms with Crippen LogP contribution in [0.1, 0.15) is 6.92 Å². The molecule has 0 saturated heterocycles. The number of nitrogens with one attached hydrogen (secondary N) is 3. The number of urea groups is 1. The Morgan fingerprint density at radius 2 is 1.95 bits per heavy atom. The maximum atomic E-state index is 11.5. The van der Waals surface area contributed by atoms with Crippen LogP contribution in [0.3, 0.4) is 0 Å². The second-order valence-electron chi connectivity index (χ2n) is 3.81. The number of halogens is 1. The molecule has 1 aromatic rings. The van der Waals surface area contributed by atoms with E-state index >= 15 is 0 Å². The fourth-order valence-corrected chi connectivity index (χ4v) is 1.33. The van der Waals surface area contributed by atoms with Crippen LogP contribution in [0, 0.1) is 0 Å². The van der Waals surface area contributed by atoms with Gasteiger partial charge in [-0.2, -0.15) is 0 Å². The highest BCUT2D eigenvalue weighted by atomic mass is 35.5. The number of aldehydes is 1. The molecule has 0 aromatic heterocycles. The van der Waals surface area contributed by atoms with Crippen molar-refractivity contribution in [3.63, 3.8) is 0 Å². The number of rotatable bonds is 5. The summed E-state index contributed by atoms with van der Waals surface area (Å²) >= 11 is 5.70. The molecule has 0 spiro atoms. The molecule has 0 bridgehead atoms. The number of carbonyl (C=O) groups is 3. The fourth-order valence-electron chi connectivity index (χ4n) is 1.21. The Morgan fingerprint density at radius 1 is 1.32 bits per heavy atom. The Bertz CT molecular complexity index is 462. The van der Waals surface area contributed by atoms with Crippen LogP contribution >= 0.6 is 11.6 Å². The standard InChI is InChI=1S/C12H14ClN3O3/c1-8(7-17)15-11(18)6-14-12(19)16-10-4-2-9(13)3-5-10/h2-5,7-8H,6H2,1H3,(H,15,18)(H2,14,16,19)/t8-/m0/s1. The average molecular weight is 284 g/mol. The molecule has 0 unspecified atom stereocenters. The molecule has 19 heavy (non-hydrogen) atoms. The molecule has 0 aliphatic carbocycles. The van der Waals surface area contributed by atoms with Crippen LogP contribution in [0.4, 0.5) is 10.5 Å². The van der Waals surface area contributed by atoms with Gasteiger partial charge in [0.2, 0.25) is 5.91 Å². The molecular weight excluding hydrogens is 270 g/mol. The molecule has 0 fully saturated rings. The van der Waals surface area contributed by atoms with Crippen LogP contribution in [0.25, 0.3) is 0 Å². The van der Waals surface area contributed by atoms with E-state index in [2.05, 4.69) is 16.0 Å². The van der Waals surface area contributed by atoms with E-state index in [0.29, 0.717) is 17.0 Å². The van der Waals surface area contributed by atoms with Gasteiger partial charge in [0.25, 0.3) is 0 Å². The highest BCUT2D eigenvalue weighted by Gasteiger charge is 2.08. The summed E-state index contributed by atoms with van der Waals surface area (Å²) in [4.78, 5) is 33.1. The molecule has 1 aromatic carbocycles. The zero-order valence-corrected chi connectivity index (χ0v) is 11.0. The lowest BCUT2D eigenvalue weighted by Crippen LogP contribution is -2.42. The lowest BCUT2D eigenvalue weighted by Gasteiger charge is -2.09. The third kappa shape index (κ3) is 5.87. The first kappa shape index (κ1) is 15.0. The molecule has 1 rings (SSSR count). The lowest BCUT2D eigenvalue weighted by atomic mass is 10.3. The number of hydrogen-bond acceptors (Lipinski definition) is 3. The van der Waals surface area contributed by atoms with Crippen LogP contribution in [0.5, 0.6) is 0 Å². The molecule has 0 aliphatic heterocycles. The minimum atomic E-state index is -0.575. The Balaban J connectivity index is 2.33. The van der Waals surface area contributed by atoms with Gasteiger partial charge < -0.3 is 20.7 Å². The second-order valence-corrected chi connectivity index (χ2v) is 4.24. The molecule has 0 saturated carbocycles. The van der Waals surface area contributed by atoms with E-state index in [4.69, 9.17) is 11.6 Å². The summed E-state index contributed by atoms with van der Waals surface area (Å²) in [7, 11) is 0. The topological polar surface area (TPSA) is 87.3 Å². The third-order valence-corrected chi connectivity index (χ3v) is 2.36. The molecule has 3 amide bonds. The normalized spacial score (nSPS) is 11.3. The van der Waals surface area contributed by atoms with Crippen LogP contribution in [0.15, 0.2) is 24.3 Å². The molecule has 0 aliphatic rings. The summed E-state index contributed by atoms with van der Waals surface area (Å²) in [6, 6.07) is 5.45. The molecule has 0 radical (unpaired) electrons. The summed E-state index contributed by atoms with van der Waals surface area (Å²) in [5.41, 5.74) is 0.559. The van der Waals surface area contributed by atoms with Gasteiger partial charge in [-0.25, -0.2) is 4.79 Å². The van der Waals surface area contributed by atoms with E-state index in [9.17, 15) is 14.4 Å². The monoisotopic (exact) mass is 283 g/mol. The zero-order chi connectivity index (χ0) is 14.3. The molecule has 6 nitrogen and oxygen atoms in total. The van der Waals surface area contributed by atoms with Crippen molar-refractivity contribution in [2.24, 2.45) is 0 Å². The smallest absolute Gasteiger partial charge is 0.319 e. The van der Waals surface area contributed by atoms with Crippen molar-refractivity contribution in [1.29, 1.82) is 0 Å². The maximum absolute atomic E-state index is 11.5. The first-order chi connectivity index (χ1) is 9.01. The van der Waals surface area contributed by atoms with Gasteiger partial charge in [-0.05, 0) is 31.2 Å². The summed E-state index contributed by atoms with van der Waals surface area (Å²) in [6.07, 6.45) is 0.603. The quantitative estimate of drug-likeness (QED) is 0.709. The van der Waals surface area contributed by atoms with E-state index in [-0.39, 0.29) is 6.54 Å². The highest BCUT2D eigenvalue weighted by molar-refractivity contribution is 6.30. The van der Waals surface area contributed by atoms with Crippen molar-refractivity contribution >= 4 is 35.5 Å². The Labute approximate surface area is 115 Å². The van der Waals surface area contributed by atoms with Gasteiger partial charge in [-0.3, -0.25) is 4.79 Å². The predicted molar refractivity (Wildman–Crippen MR) is 72.1 cm³/mol. The fraction of sp³-hybridized carbons (Fsp3) is 0.250. The summed E-state index contributed by atoms with van der Waals surface area (Å²) in [6.45, 7) is 1.33. The predicted octanol–water partition coefficient (Wildman–Crippen LogP) is 1.17. The van der Waals surface area contributed by atoms with Crippen LogP contribution in [-0.2, 0) is 9.59 Å². The number of amides is 3. The van der Waals surface area contributed by atoms with Crippen molar-refractivity contribution < 1.29 is 14.4 Å². The van der Waals surface area contributed by atoms with Gasteiger partial charge in [0.1, 0.15) is 6.29 Å². The van der Waals surface area contributed by atoms with E-state index in [1.165, 1.54) is 0 Å². The first-order valence-electron chi connectivity index (χ1n) is 5.56. The molecule has 1 atom stereocenters. The molecule has 0 heterocycles. The number of benzene rings is 1. The van der Waals surface area contributed by atoms with Crippen molar-refractivity contribution in [2.45, 2.75) is 13.0 Å². The van der Waals surface area contributed by atoms with E-state index in [1.54, 1.807) is 31.2 Å². The maximum Gasteiger partial charge on any atom is 0.319 e. The minimum absolute atomic E-state index is 0.211. The molecule has 7 heteroatoms. The van der Waals surface area contributed by atoms with Gasteiger partial charge in [-0.15, -0.1) is 0 Å². The van der Waals surface area contributed by atoms with Crippen molar-refractivity contribution in [2.75, 3.05) is 11.9 Å². The Hall–Kier alpha value is -2.08. The number of carbonyl (C=O) groups excluding carboxylic acids is 3. The average Bonchev–Trinajstić information content (AvgIpc) is 2.39. The van der Waals surface area contributed by atoms with E-state index in [1.807, 2.05) is 0 Å². The lowest BCUT2D eigenvalue weighted by molar-refractivity contribution is -0.122. The highest BCUT2D eigenvalue weighted by Crippen LogP contribution is 2.12. The largest absolute Gasteiger partial charge is 0.345 e. The van der Waals surface area contributed by atoms with Crippen LogP contribution in [-0.4, -0.2) is 30.8 Å². The molecule has 3 N–H and O–H groups in total. The van der Waals surface area contributed by atoms with Gasteiger partial charge in [0, 0.05) is 10.7 Å². The van der Waals surface area contributed by atoms with Crippen molar-refractivity contribution in [1.82, 2.24) is 10.6 Å². The minimum Gasteiger partial charge on any atom is -0.345 e. The molecular formula is C12H14ClN3O3. The first-order valence-corrected chi connectivity index (χ1v) is 5.94. The summed E-state index contributed by atoms with van der Waals surface area (Å²) in [5.74, 6) is -0.439. The van der Waals surface area contributed by atoms with Crippen LogP contribution in [0.2, 0.25) is 5.02 Å². The van der Waals surface area contributed by atoms with E-state index < -0.39 is 18.0 Å². The Kier molecular flexibility index (Phi) is 5.81. The second kappa shape index (κ2) is 7.38. The van der Waals surface area contributed by atoms with Gasteiger partial charge in [0.15, 0.2) is 0 Å². The molecule has 102 valence electrons. The van der Waals surface area contributed by atoms with Crippen molar-refractivity contribution in [3.8, 4) is 0 Å². The summed E-state index contributed by atoms with van der Waals surface area (Å²) in [5, 5.41) is 7.85. The third-order valence-electron chi connectivity index (χ3n) is 2.10. The van der Waals surface area contributed by atoms with Gasteiger partial charge in [0.05, 0.1) is 12.6 Å². The summed E-state index contributed by atoms with van der Waals surface area (Å²) < 4.78 is 0. The van der Waals surface area contributed by atoms with Gasteiger partial charge in [-0.1, -0.05) is 11.6 Å². The SMILES string of the molecule is C[C@@H](C=O)NC(=O)CNC(=O)Nc1ccc(Cl)cc1. The van der Waals surface area contributed by atoms with Crippen LogP contribution < -0.4 is 16.0 Å². The van der Waals surface area contributed by atoms with Gasteiger partial charge >= 0.3 is 6.03 Å². The number of anilines is 1. The Morgan fingerprint density at radius 3 is 2.53 bits per heavy atom. The van der Waals surface area contributed by atoms with Crippen molar-refractivity contribution in [3.05, 3.63) is 29.3 Å². The van der Waals surface area contributed by atoms with E-state index in [0.717, 1.165) is 0 Å². The zero-order valence-electron chi connectivity index (χ0n) is 10.3. The number of hydrogen-bond donors (Lipinski definition) is 3.